The van der Waals surface area contributed by atoms with E-state index in [1.165, 1.54) is 6.20 Å². The summed E-state index contributed by atoms with van der Waals surface area (Å²) in [5.74, 6) is 0.426. The number of anilines is 1. The molecule has 2 rings (SSSR count). The SMILES string of the molecule is FC(F)(F)SCCNc1ccc2nccnc2n1. The number of nitrogens with one attached hydrogen (secondary N) is 1. The van der Waals surface area contributed by atoms with E-state index in [2.05, 4.69) is 20.3 Å². The van der Waals surface area contributed by atoms with Crippen LogP contribution in [0.25, 0.3) is 11.2 Å². The number of rotatable bonds is 4. The summed E-state index contributed by atoms with van der Waals surface area (Å²) in [6.07, 6.45) is 3.07. The van der Waals surface area contributed by atoms with Crippen LogP contribution in [0, 0.1) is 0 Å². The fourth-order valence-corrected chi connectivity index (χ4v) is 1.73. The van der Waals surface area contributed by atoms with Gasteiger partial charge >= 0.3 is 5.51 Å². The van der Waals surface area contributed by atoms with Crippen LogP contribution in [-0.4, -0.2) is 32.8 Å². The molecule has 2 heterocycles. The van der Waals surface area contributed by atoms with Gasteiger partial charge in [-0.15, -0.1) is 0 Å². The average molecular weight is 274 g/mol. The highest BCUT2D eigenvalue weighted by molar-refractivity contribution is 8.00. The molecule has 1 N–H and O–H groups in total. The van der Waals surface area contributed by atoms with Crippen molar-refractivity contribution in [3.8, 4) is 0 Å². The third-order valence-corrected chi connectivity index (χ3v) is 2.74. The summed E-state index contributed by atoms with van der Waals surface area (Å²) in [7, 11) is 0. The number of aromatic nitrogens is 3. The molecule has 0 spiro atoms. The van der Waals surface area contributed by atoms with Crippen LogP contribution in [0.1, 0.15) is 0 Å². The second kappa shape index (κ2) is 5.38. The van der Waals surface area contributed by atoms with Gasteiger partial charge in [-0.1, -0.05) is 0 Å². The maximum Gasteiger partial charge on any atom is 0.441 e. The third-order valence-electron chi connectivity index (χ3n) is 2.01. The maximum absolute atomic E-state index is 11.9. The highest BCUT2D eigenvalue weighted by atomic mass is 32.2. The van der Waals surface area contributed by atoms with E-state index in [1.54, 1.807) is 18.3 Å². The summed E-state index contributed by atoms with van der Waals surface area (Å²) in [5.41, 5.74) is -3.08. The Morgan fingerprint density at radius 1 is 1.17 bits per heavy atom. The van der Waals surface area contributed by atoms with Crippen LogP contribution in [0.3, 0.4) is 0 Å². The van der Waals surface area contributed by atoms with Crippen LogP contribution >= 0.6 is 11.8 Å². The van der Waals surface area contributed by atoms with Crippen molar-refractivity contribution in [3.63, 3.8) is 0 Å². The van der Waals surface area contributed by atoms with Gasteiger partial charge in [-0.25, -0.2) is 9.97 Å². The normalized spacial score (nSPS) is 11.7. The molecule has 0 fully saturated rings. The van der Waals surface area contributed by atoms with Gasteiger partial charge < -0.3 is 5.32 Å². The van der Waals surface area contributed by atoms with Crippen molar-refractivity contribution in [2.24, 2.45) is 0 Å². The molecule has 18 heavy (non-hydrogen) atoms. The smallest absolute Gasteiger partial charge is 0.369 e. The van der Waals surface area contributed by atoms with Crippen molar-refractivity contribution in [2.45, 2.75) is 5.51 Å². The van der Waals surface area contributed by atoms with Gasteiger partial charge in [0.05, 0.1) is 0 Å². The van der Waals surface area contributed by atoms with Gasteiger partial charge in [0, 0.05) is 24.7 Å². The van der Waals surface area contributed by atoms with E-state index in [0.29, 0.717) is 17.0 Å². The van der Waals surface area contributed by atoms with E-state index < -0.39 is 5.51 Å². The molecule has 0 bridgehead atoms. The Kier molecular flexibility index (Phi) is 3.85. The molecule has 4 nitrogen and oxygen atoms in total. The van der Waals surface area contributed by atoms with E-state index in [4.69, 9.17) is 0 Å². The van der Waals surface area contributed by atoms with E-state index >= 15 is 0 Å². The number of fused-ring (bicyclic) bond motifs is 1. The molecule has 0 saturated carbocycles. The fourth-order valence-electron chi connectivity index (χ4n) is 1.30. The average Bonchev–Trinajstić information content (AvgIpc) is 2.33. The van der Waals surface area contributed by atoms with Crippen molar-refractivity contribution < 1.29 is 13.2 Å². The first-order chi connectivity index (χ1) is 8.54. The van der Waals surface area contributed by atoms with Crippen molar-refractivity contribution in [2.75, 3.05) is 17.6 Å². The zero-order valence-corrected chi connectivity index (χ0v) is 9.92. The number of halogens is 3. The predicted octanol–water partition coefficient (Wildman–Crippen LogP) is 2.69. The van der Waals surface area contributed by atoms with Gasteiger partial charge in [-0.3, -0.25) is 4.98 Å². The predicted molar refractivity (Wildman–Crippen MR) is 64.3 cm³/mol. The Balaban J connectivity index is 1.92. The second-order valence-corrected chi connectivity index (χ2v) is 4.48. The Labute approximate surface area is 105 Å². The molecule has 96 valence electrons. The maximum atomic E-state index is 11.9. The van der Waals surface area contributed by atoms with E-state index in [1.807, 2.05) is 0 Å². The van der Waals surface area contributed by atoms with Crippen molar-refractivity contribution in [3.05, 3.63) is 24.5 Å². The van der Waals surface area contributed by atoms with Crippen LogP contribution < -0.4 is 5.32 Å². The summed E-state index contributed by atoms with van der Waals surface area (Å²) >= 11 is -0.0618. The minimum Gasteiger partial charge on any atom is -0.369 e. The van der Waals surface area contributed by atoms with Crippen LogP contribution in [0.4, 0.5) is 19.0 Å². The zero-order valence-electron chi connectivity index (χ0n) is 9.11. The van der Waals surface area contributed by atoms with Gasteiger partial charge in [0.25, 0.3) is 0 Å². The minimum absolute atomic E-state index is 0.0618. The molecule has 0 aliphatic carbocycles. The number of hydrogen-bond acceptors (Lipinski definition) is 5. The molecular formula is C10H9F3N4S. The van der Waals surface area contributed by atoms with Gasteiger partial charge in [0.1, 0.15) is 11.3 Å². The van der Waals surface area contributed by atoms with Crippen LogP contribution in [0.15, 0.2) is 24.5 Å². The summed E-state index contributed by atoms with van der Waals surface area (Å²) in [5, 5.41) is 2.81. The Hall–Kier alpha value is -1.57. The molecule has 0 amide bonds. The summed E-state index contributed by atoms with van der Waals surface area (Å²) in [4.78, 5) is 12.2. The topological polar surface area (TPSA) is 50.7 Å². The van der Waals surface area contributed by atoms with Gasteiger partial charge in [-0.2, -0.15) is 13.2 Å². The number of pyridine rings is 1. The van der Waals surface area contributed by atoms with Gasteiger partial charge in [-0.05, 0) is 23.9 Å². The second-order valence-electron chi connectivity index (χ2n) is 3.32. The van der Waals surface area contributed by atoms with E-state index in [9.17, 15) is 13.2 Å². The van der Waals surface area contributed by atoms with Crippen LogP contribution in [0.2, 0.25) is 0 Å². The Morgan fingerprint density at radius 2 is 1.94 bits per heavy atom. The van der Waals surface area contributed by atoms with Crippen molar-refractivity contribution >= 4 is 28.7 Å². The first kappa shape index (κ1) is 12.9. The minimum atomic E-state index is -4.19. The quantitative estimate of drug-likeness (QED) is 0.869. The monoisotopic (exact) mass is 274 g/mol. The van der Waals surface area contributed by atoms with Crippen LogP contribution in [-0.2, 0) is 0 Å². The first-order valence-corrected chi connectivity index (χ1v) is 6.05. The van der Waals surface area contributed by atoms with Crippen molar-refractivity contribution in [1.29, 1.82) is 0 Å². The fraction of sp³-hybridized carbons (Fsp3) is 0.300. The van der Waals surface area contributed by atoms with E-state index in [0.717, 1.165) is 0 Å². The summed E-state index contributed by atoms with van der Waals surface area (Å²) < 4.78 is 35.7. The number of hydrogen-bond donors (Lipinski definition) is 1. The molecule has 0 aliphatic heterocycles. The lowest BCUT2D eigenvalue weighted by molar-refractivity contribution is -0.0327. The van der Waals surface area contributed by atoms with Gasteiger partial charge in [0.15, 0.2) is 5.65 Å². The number of thioether (sulfide) groups is 1. The van der Waals surface area contributed by atoms with E-state index in [-0.39, 0.29) is 24.1 Å². The lowest BCUT2D eigenvalue weighted by Crippen LogP contribution is -2.10. The lowest BCUT2D eigenvalue weighted by atomic mass is 10.4. The highest BCUT2D eigenvalue weighted by Crippen LogP contribution is 2.29. The largest absolute Gasteiger partial charge is 0.441 e. The molecule has 2 aromatic heterocycles. The Bertz CT molecular complexity index is 532. The third kappa shape index (κ3) is 3.73. The number of alkyl halides is 3. The molecule has 0 aromatic carbocycles. The highest BCUT2D eigenvalue weighted by Gasteiger charge is 2.27. The summed E-state index contributed by atoms with van der Waals surface area (Å²) in [6.45, 7) is 0.183. The van der Waals surface area contributed by atoms with Crippen LogP contribution in [0.5, 0.6) is 0 Å². The molecule has 2 aromatic rings. The summed E-state index contributed by atoms with van der Waals surface area (Å²) in [6, 6.07) is 3.38. The molecule has 8 heteroatoms. The molecule has 0 saturated heterocycles. The first-order valence-electron chi connectivity index (χ1n) is 5.07. The molecule has 0 unspecified atom stereocenters. The molecule has 0 atom stereocenters. The van der Waals surface area contributed by atoms with Gasteiger partial charge in [0.2, 0.25) is 0 Å². The molecule has 0 aliphatic rings. The molecular weight excluding hydrogens is 265 g/mol. The number of nitrogens with zero attached hydrogens (tertiary/aromatic N) is 3. The molecule has 0 radical (unpaired) electrons. The van der Waals surface area contributed by atoms with Crippen molar-refractivity contribution in [1.82, 2.24) is 15.0 Å². The standard InChI is InChI=1S/C10H9F3N4S/c11-10(12,13)18-6-5-15-8-2-1-7-9(17-8)16-4-3-14-7/h1-4H,5-6H2,(H,15,16,17). The Morgan fingerprint density at radius 3 is 2.72 bits per heavy atom. The zero-order chi connectivity index (χ0) is 13.0. The lowest BCUT2D eigenvalue weighted by Gasteiger charge is -2.07.